The molecule has 0 fully saturated rings. The Morgan fingerprint density at radius 2 is 2.00 bits per heavy atom. The number of hydrogen-bond donors (Lipinski definition) is 0. The molecule has 0 amide bonds. The molecule has 0 bridgehead atoms. The molecule has 2 rings (SSSR count). The number of aldehydes is 1. The molecule has 0 aliphatic heterocycles. The highest BCUT2D eigenvalue weighted by atomic mass is 79.9. The van der Waals surface area contributed by atoms with Crippen LogP contribution in [0.1, 0.15) is 10.4 Å². The van der Waals surface area contributed by atoms with Crippen molar-refractivity contribution in [3.05, 3.63) is 62.6 Å². The number of rotatable bonds is 4. The monoisotopic (exact) mass is 321 g/mol. The smallest absolute Gasteiger partial charge is 0.270 e. The molecular weight excluding hydrogens is 314 g/mol. The number of non-ortho nitro benzene ring substituents is 1. The van der Waals surface area contributed by atoms with Crippen molar-refractivity contribution in [3.63, 3.8) is 0 Å². The van der Waals surface area contributed by atoms with Crippen LogP contribution < -0.4 is 4.74 Å². The van der Waals surface area contributed by atoms with Crippen LogP contribution in [0.3, 0.4) is 0 Å². The number of nitrogens with zero attached hydrogens (tertiary/aromatic N) is 1. The predicted octanol–water partition coefficient (Wildman–Crippen LogP) is 3.96. The summed E-state index contributed by atoms with van der Waals surface area (Å²) in [6.07, 6.45) is 0.528. The predicted molar refractivity (Wildman–Crippen MR) is 72.7 cm³/mol. The van der Waals surface area contributed by atoms with E-state index in [0.29, 0.717) is 12.0 Å². The number of carbonyl (C=O) groups is 1. The maximum atomic E-state index is 10.9. The number of hydrogen-bond acceptors (Lipinski definition) is 4. The van der Waals surface area contributed by atoms with Gasteiger partial charge in [-0.1, -0.05) is 22.0 Å². The second kappa shape index (κ2) is 5.62. The molecule has 0 aliphatic carbocycles. The van der Waals surface area contributed by atoms with Gasteiger partial charge in [-0.2, -0.15) is 0 Å². The van der Waals surface area contributed by atoms with E-state index in [1.807, 2.05) is 6.07 Å². The van der Waals surface area contributed by atoms with E-state index in [4.69, 9.17) is 4.74 Å². The van der Waals surface area contributed by atoms with Crippen molar-refractivity contribution in [3.8, 4) is 11.5 Å². The largest absolute Gasteiger partial charge is 0.457 e. The first-order valence-corrected chi connectivity index (χ1v) is 6.06. The Kier molecular flexibility index (Phi) is 3.91. The fraction of sp³-hybridized carbons (Fsp3) is 0. The van der Waals surface area contributed by atoms with Crippen LogP contribution in [0.5, 0.6) is 11.5 Å². The summed E-state index contributed by atoms with van der Waals surface area (Å²) in [4.78, 5) is 21.0. The summed E-state index contributed by atoms with van der Waals surface area (Å²) in [5, 5.41) is 10.6. The summed E-state index contributed by atoms with van der Waals surface area (Å²) in [5.74, 6) is 0.810. The molecule has 2 aromatic rings. The second-order valence-electron chi connectivity index (χ2n) is 3.66. The van der Waals surface area contributed by atoms with E-state index in [1.165, 1.54) is 18.2 Å². The van der Waals surface area contributed by atoms with Crippen molar-refractivity contribution in [2.45, 2.75) is 0 Å². The maximum absolute atomic E-state index is 10.9. The standard InChI is InChI=1S/C13H8BrNO4/c14-10-2-1-3-12(7-10)19-13-5-4-11(15(17)18)6-9(13)8-16/h1-8H. The van der Waals surface area contributed by atoms with Crippen LogP contribution in [0.25, 0.3) is 0 Å². The van der Waals surface area contributed by atoms with Crippen molar-refractivity contribution in [1.82, 2.24) is 0 Å². The van der Waals surface area contributed by atoms with Gasteiger partial charge in [0, 0.05) is 16.6 Å². The molecule has 5 nitrogen and oxygen atoms in total. The van der Waals surface area contributed by atoms with Gasteiger partial charge >= 0.3 is 0 Å². The number of nitro groups is 1. The number of benzene rings is 2. The van der Waals surface area contributed by atoms with Gasteiger partial charge < -0.3 is 4.74 Å². The SMILES string of the molecule is O=Cc1cc([N+](=O)[O-])ccc1Oc1cccc(Br)c1. The minimum Gasteiger partial charge on any atom is -0.457 e. The van der Waals surface area contributed by atoms with Crippen LogP contribution in [0.2, 0.25) is 0 Å². The van der Waals surface area contributed by atoms with E-state index in [9.17, 15) is 14.9 Å². The number of halogens is 1. The highest BCUT2D eigenvalue weighted by Gasteiger charge is 2.12. The quantitative estimate of drug-likeness (QED) is 0.485. The lowest BCUT2D eigenvalue weighted by molar-refractivity contribution is -0.384. The topological polar surface area (TPSA) is 69.4 Å². The first-order chi connectivity index (χ1) is 9.10. The lowest BCUT2D eigenvalue weighted by atomic mass is 10.2. The third-order valence-electron chi connectivity index (χ3n) is 2.36. The fourth-order valence-electron chi connectivity index (χ4n) is 1.49. The van der Waals surface area contributed by atoms with Crippen LogP contribution >= 0.6 is 15.9 Å². The van der Waals surface area contributed by atoms with E-state index in [0.717, 1.165) is 4.47 Å². The molecule has 0 radical (unpaired) electrons. The zero-order valence-electron chi connectivity index (χ0n) is 9.58. The first kappa shape index (κ1) is 13.2. The maximum Gasteiger partial charge on any atom is 0.270 e. The third-order valence-corrected chi connectivity index (χ3v) is 2.85. The van der Waals surface area contributed by atoms with Crippen molar-refractivity contribution in [2.75, 3.05) is 0 Å². The van der Waals surface area contributed by atoms with Crippen LogP contribution in [0, 0.1) is 10.1 Å². The van der Waals surface area contributed by atoms with Crippen molar-refractivity contribution >= 4 is 27.9 Å². The first-order valence-electron chi connectivity index (χ1n) is 5.27. The van der Waals surface area contributed by atoms with Crippen LogP contribution in [0.4, 0.5) is 5.69 Å². The molecule has 0 saturated heterocycles. The molecule has 0 heterocycles. The van der Waals surface area contributed by atoms with Crippen molar-refractivity contribution in [2.24, 2.45) is 0 Å². The molecule has 0 aromatic heterocycles. The summed E-state index contributed by atoms with van der Waals surface area (Å²) in [6, 6.07) is 11.0. The van der Waals surface area contributed by atoms with E-state index in [-0.39, 0.29) is 17.0 Å². The van der Waals surface area contributed by atoms with Gasteiger partial charge in [0.1, 0.15) is 11.5 Å². The summed E-state index contributed by atoms with van der Waals surface area (Å²) in [5.41, 5.74) is -0.0159. The molecule has 2 aromatic carbocycles. The average Bonchev–Trinajstić information content (AvgIpc) is 2.39. The van der Waals surface area contributed by atoms with E-state index in [1.54, 1.807) is 18.2 Å². The van der Waals surface area contributed by atoms with Crippen LogP contribution in [-0.2, 0) is 0 Å². The molecule has 19 heavy (non-hydrogen) atoms. The number of nitro benzene ring substituents is 1. The van der Waals surface area contributed by atoms with Gasteiger partial charge in [-0.15, -0.1) is 0 Å². The van der Waals surface area contributed by atoms with Gasteiger partial charge in [-0.25, -0.2) is 0 Å². The highest BCUT2D eigenvalue weighted by Crippen LogP contribution is 2.29. The fourth-order valence-corrected chi connectivity index (χ4v) is 1.87. The molecule has 0 atom stereocenters. The van der Waals surface area contributed by atoms with Gasteiger partial charge in [-0.3, -0.25) is 14.9 Å². The van der Waals surface area contributed by atoms with Gasteiger partial charge in [0.15, 0.2) is 6.29 Å². The van der Waals surface area contributed by atoms with Gasteiger partial charge in [0.25, 0.3) is 5.69 Å². The Bertz CT molecular complexity index is 642. The Balaban J connectivity index is 2.35. The molecule has 0 spiro atoms. The number of ether oxygens (including phenoxy) is 1. The Hall–Kier alpha value is -2.21. The molecule has 0 unspecified atom stereocenters. The Morgan fingerprint density at radius 3 is 2.63 bits per heavy atom. The lowest BCUT2D eigenvalue weighted by Gasteiger charge is -2.07. The highest BCUT2D eigenvalue weighted by molar-refractivity contribution is 9.10. The van der Waals surface area contributed by atoms with E-state index in [2.05, 4.69) is 15.9 Å². The molecule has 96 valence electrons. The van der Waals surface area contributed by atoms with Crippen LogP contribution in [-0.4, -0.2) is 11.2 Å². The minimum atomic E-state index is -0.560. The second-order valence-corrected chi connectivity index (χ2v) is 4.57. The van der Waals surface area contributed by atoms with Gasteiger partial charge in [0.05, 0.1) is 10.5 Å². The molecular formula is C13H8BrNO4. The summed E-state index contributed by atoms with van der Waals surface area (Å²) < 4.78 is 6.37. The molecule has 0 N–H and O–H groups in total. The van der Waals surface area contributed by atoms with E-state index < -0.39 is 4.92 Å². The third kappa shape index (κ3) is 3.17. The zero-order chi connectivity index (χ0) is 13.8. The number of carbonyl (C=O) groups excluding carboxylic acids is 1. The average molecular weight is 322 g/mol. The van der Waals surface area contributed by atoms with E-state index >= 15 is 0 Å². The normalized spacial score (nSPS) is 9.95. The Morgan fingerprint density at radius 1 is 1.21 bits per heavy atom. The zero-order valence-corrected chi connectivity index (χ0v) is 11.2. The van der Waals surface area contributed by atoms with Crippen molar-refractivity contribution < 1.29 is 14.5 Å². The summed E-state index contributed by atoms with van der Waals surface area (Å²) >= 11 is 3.30. The molecule has 0 aliphatic rings. The lowest BCUT2D eigenvalue weighted by Crippen LogP contribution is -1.94. The van der Waals surface area contributed by atoms with Crippen molar-refractivity contribution in [1.29, 1.82) is 0 Å². The van der Waals surface area contributed by atoms with Crippen LogP contribution in [0.15, 0.2) is 46.9 Å². The van der Waals surface area contributed by atoms with Gasteiger partial charge in [0.2, 0.25) is 0 Å². The summed E-state index contributed by atoms with van der Waals surface area (Å²) in [6.45, 7) is 0. The minimum absolute atomic E-state index is 0.133. The Labute approximate surface area is 117 Å². The summed E-state index contributed by atoms with van der Waals surface area (Å²) in [7, 11) is 0. The van der Waals surface area contributed by atoms with Gasteiger partial charge in [-0.05, 0) is 24.3 Å². The molecule has 6 heteroatoms. The molecule has 0 saturated carbocycles.